The van der Waals surface area contributed by atoms with Crippen molar-refractivity contribution in [3.63, 3.8) is 0 Å². The van der Waals surface area contributed by atoms with Gasteiger partial charge in [0.15, 0.2) is 5.11 Å². The van der Waals surface area contributed by atoms with Crippen LogP contribution in [0.25, 0.3) is 0 Å². The van der Waals surface area contributed by atoms with Crippen LogP contribution in [0.4, 0.5) is 5.69 Å². The number of piperidine rings is 1. The fourth-order valence-corrected chi connectivity index (χ4v) is 2.91. The number of methoxy groups -OCH3 is 1. The lowest BCUT2D eigenvalue weighted by molar-refractivity contribution is -0.904. The summed E-state index contributed by atoms with van der Waals surface area (Å²) in [7, 11) is 1.67. The summed E-state index contributed by atoms with van der Waals surface area (Å²) in [6.07, 6.45) is 5.36. The van der Waals surface area contributed by atoms with Crippen molar-refractivity contribution in [2.45, 2.75) is 25.7 Å². The van der Waals surface area contributed by atoms with Crippen molar-refractivity contribution in [2.75, 3.05) is 38.6 Å². The van der Waals surface area contributed by atoms with Gasteiger partial charge < -0.3 is 20.3 Å². The van der Waals surface area contributed by atoms with E-state index in [1.54, 1.807) is 12.0 Å². The molecule has 116 valence electrons. The van der Waals surface area contributed by atoms with E-state index in [-0.39, 0.29) is 0 Å². The van der Waals surface area contributed by atoms with Crippen LogP contribution >= 0.6 is 12.2 Å². The largest absolute Gasteiger partial charge is 0.497 e. The average molecular weight is 308 g/mol. The summed E-state index contributed by atoms with van der Waals surface area (Å²) in [6, 6.07) is 7.77. The van der Waals surface area contributed by atoms with E-state index in [0.29, 0.717) is 5.11 Å². The molecule has 0 bridgehead atoms. The molecule has 0 saturated carbocycles. The van der Waals surface area contributed by atoms with Crippen molar-refractivity contribution < 1.29 is 9.64 Å². The molecule has 4 nitrogen and oxygen atoms in total. The molecular weight excluding hydrogens is 282 g/mol. The van der Waals surface area contributed by atoms with E-state index in [4.69, 9.17) is 17.0 Å². The minimum absolute atomic E-state index is 0.689. The third-order valence-corrected chi connectivity index (χ3v) is 4.15. The molecule has 1 fully saturated rings. The number of hydrogen-bond acceptors (Lipinski definition) is 2. The highest BCUT2D eigenvalue weighted by molar-refractivity contribution is 7.80. The Kier molecular flexibility index (Phi) is 6.76. The maximum Gasteiger partial charge on any atom is 0.170 e. The first kappa shape index (κ1) is 16.0. The van der Waals surface area contributed by atoms with E-state index in [0.717, 1.165) is 18.0 Å². The molecule has 1 aromatic carbocycles. The van der Waals surface area contributed by atoms with Crippen LogP contribution in [0.5, 0.6) is 5.75 Å². The maximum absolute atomic E-state index is 5.31. The number of hydrogen-bond donors (Lipinski definition) is 3. The van der Waals surface area contributed by atoms with Gasteiger partial charge in [-0.2, -0.15) is 0 Å². The minimum Gasteiger partial charge on any atom is -0.497 e. The topological polar surface area (TPSA) is 37.7 Å². The average Bonchev–Trinajstić information content (AvgIpc) is 2.53. The van der Waals surface area contributed by atoms with E-state index in [1.165, 1.54) is 45.3 Å². The van der Waals surface area contributed by atoms with Crippen molar-refractivity contribution in [3.05, 3.63) is 24.3 Å². The van der Waals surface area contributed by atoms with Crippen LogP contribution in [0, 0.1) is 0 Å². The molecule has 0 spiro atoms. The first-order valence-corrected chi connectivity index (χ1v) is 8.21. The molecule has 1 saturated heterocycles. The van der Waals surface area contributed by atoms with Crippen LogP contribution < -0.4 is 20.3 Å². The van der Waals surface area contributed by atoms with Crippen molar-refractivity contribution in [1.82, 2.24) is 5.32 Å². The lowest BCUT2D eigenvalue weighted by Crippen LogP contribution is -3.12. The Morgan fingerprint density at radius 1 is 1.19 bits per heavy atom. The Balaban J connectivity index is 1.60. The molecule has 0 aliphatic carbocycles. The molecule has 1 aliphatic rings. The summed E-state index contributed by atoms with van der Waals surface area (Å²) in [5.41, 5.74) is 0.981. The zero-order valence-corrected chi connectivity index (χ0v) is 13.6. The Hall–Kier alpha value is -1.33. The number of anilines is 1. The Morgan fingerprint density at radius 3 is 2.57 bits per heavy atom. The van der Waals surface area contributed by atoms with Gasteiger partial charge in [-0.25, -0.2) is 0 Å². The molecule has 1 heterocycles. The second kappa shape index (κ2) is 8.85. The third kappa shape index (κ3) is 5.89. The highest BCUT2D eigenvalue weighted by Gasteiger charge is 2.12. The number of nitrogens with one attached hydrogen (secondary N) is 3. The lowest BCUT2D eigenvalue weighted by Gasteiger charge is -2.23. The highest BCUT2D eigenvalue weighted by atomic mass is 32.1. The standard InChI is InChI=1S/C16H25N3OS/c1-20-15-8-6-14(7-9-15)18-16(21)17-10-5-13-19-11-3-2-4-12-19/h6-9H,2-5,10-13H2,1H3,(H2,17,18,21)/p+1. The molecule has 1 aromatic rings. The number of likely N-dealkylation sites (tertiary alicyclic amines) is 1. The number of thiocarbonyl (C=S) groups is 1. The Bertz CT molecular complexity index is 430. The molecule has 0 radical (unpaired) electrons. The molecular formula is C16H26N3OS+. The predicted octanol–water partition coefficient (Wildman–Crippen LogP) is 1.44. The van der Waals surface area contributed by atoms with Crippen LogP contribution in [-0.4, -0.2) is 38.4 Å². The van der Waals surface area contributed by atoms with E-state index in [1.807, 2.05) is 24.3 Å². The van der Waals surface area contributed by atoms with Crippen LogP contribution in [0.15, 0.2) is 24.3 Å². The molecule has 0 amide bonds. The summed E-state index contributed by atoms with van der Waals surface area (Å²) >= 11 is 5.31. The monoisotopic (exact) mass is 308 g/mol. The predicted molar refractivity (Wildman–Crippen MR) is 91.2 cm³/mol. The van der Waals surface area contributed by atoms with Gasteiger partial charge in [-0.3, -0.25) is 0 Å². The normalized spacial score (nSPS) is 15.5. The number of benzene rings is 1. The minimum atomic E-state index is 0.689. The van der Waals surface area contributed by atoms with Crippen molar-refractivity contribution in [1.29, 1.82) is 0 Å². The summed E-state index contributed by atoms with van der Waals surface area (Å²) in [5.74, 6) is 0.851. The van der Waals surface area contributed by atoms with Crippen molar-refractivity contribution in [3.8, 4) is 5.75 Å². The van der Waals surface area contributed by atoms with Gasteiger partial charge in [0, 0.05) is 18.7 Å². The second-order valence-corrected chi connectivity index (χ2v) is 5.93. The zero-order valence-electron chi connectivity index (χ0n) is 12.8. The molecule has 0 aromatic heterocycles. The van der Waals surface area contributed by atoms with Gasteiger partial charge in [0.05, 0.1) is 26.7 Å². The number of rotatable bonds is 6. The number of ether oxygens (including phenoxy) is 1. The summed E-state index contributed by atoms with van der Waals surface area (Å²) < 4.78 is 5.13. The maximum atomic E-state index is 5.31. The SMILES string of the molecule is COc1ccc(NC(=S)NCCC[NH+]2CCCCC2)cc1. The first-order chi connectivity index (χ1) is 10.3. The summed E-state index contributed by atoms with van der Waals surface area (Å²) in [5, 5.41) is 7.15. The molecule has 2 rings (SSSR count). The fraction of sp³-hybridized carbons (Fsp3) is 0.562. The van der Waals surface area contributed by atoms with Gasteiger partial charge in [-0.1, -0.05) is 0 Å². The zero-order chi connectivity index (χ0) is 14.9. The highest BCUT2D eigenvalue weighted by Crippen LogP contribution is 2.14. The van der Waals surface area contributed by atoms with Crippen LogP contribution in [0.1, 0.15) is 25.7 Å². The Morgan fingerprint density at radius 2 is 1.90 bits per heavy atom. The van der Waals surface area contributed by atoms with Crippen LogP contribution in [0.2, 0.25) is 0 Å². The van der Waals surface area contributed by atoms with Crippen LogP contribution in [0.3, 0.4) is 0 Å². The van der Waals surface area contributed by atoms with Gasteiger partial charge in [0.2, 0.25) is 0 Å². The summed E-state index contributed by atoms with van der Waals surface area (Å²) in [4.78, 5) is 1.75. The van der Waals surface area contributed by atoms with E-state index in [9.17, 15) is 0 Å². The first-order valence-electron chi connectivity index (χ1n) is 7.80. The fourth-order valence-electron chi connectivity index (χ4n) is 2.69. The van der Waals surface area contributed by atoms with Crippen molar-refractivity contribution in [2.24, 2.45) is 0 Å². The molecule has 0 atom stereocenters. The van der Waals surface area contributed by atoms with Gasteiger partial charge in [-0.05, 0) is 55.7 Å². The van der Waals surface area contributed by atoms with E-state index in [2.05, 4.69) is 10.6 Å². The number of quaternary nitrogens is 1. The molecule has 3 N–H and O–H groups in total. The third-order valence-electron chi connectivity index (χ3n) is 3.90. The quantitative estimate of drug-likeness (QED) is 0.549. The van der Waals surface area contributed by atoms with Gasteiger partial charge in [0.1, 0.15) is 5.75 Å². The van der Waals surface area contributed by atoms with Gasteiger partial charge >= 0.3 is 0 Å². The molecule has 5 heteroatoms. The summed E-state index contributed by atoms with van der Waals surface area (Å²) in [6.45, 7) is 4.87. The van der Waals surface area contributed by atoms with Crippen LogP contribution in [-0.2, 0) is 0 Å². The van der Waals surface area contributed by atoms with E-state index >= 15 is 0 Å². The molecule has 21 heavy (non-hydrogen) atoms. The lowest BCUT2D eigenvalue weighted by atomic mass is 10.1. The molecule has 0 unspecified atom stereocenters. The smallest absolute Gasteiger partial charge is 0.170 e. The van der Waals surface area contributed by atoms with Crippen molar-refractivity contribution >= 4 is 23.0 Å². The second-order valence-electron chi connectivity index (χ2n) is 5.52. The van der Waals surface area contributed by atoms with Gasteiger partial charge in [-0.15, -0.1) is 0 Å². The van der Waals surface area contributed by atoms with E-state index < -0.39 is 0 Å². The Labute approximate surface area is 132 Å². The molecule has 1 aliphatic heterocycles. The van der Waals surface area contributed by atoms with Gasteiger partial charge in [0.25, 0.3) is 0 Å².